The Bertz CT molecular complexity index is 1140. The van der Waals surface area contributed by atoms with Crippen molar-refractivity contribution in [2.45, 2.75) is 6.42 Å². The summed E-state index contributed by atoms with van der Waals surface area (Å²) in [7, 11) is 0. The van der Waals surface area contributed by atoms with Gasteiger partial charge in [-0.25, -0.2) is 4.39 Å². The van der Waals surface area contributed by atoms with Crippen LogP contribution in [0.25, 0.3) is 21.9 Å². The Labute approximate surface area is 155 Å². The lowest BCUT2D eigenvalue weighted by molar-refractivity contribution is 0.0992. The normalized spacial score (nSPS) is 10.9. The molecule has 0 amide bonds. The lowest BCUT2D eigenvalue weighted by Gasteiger charge is -2.07. The van der Waals surface area contributed by atoms with Crippen LogP contribution >= 0.6 is 0 Å². The molecule has 0 fully saturated rings. The summed E-state index contributed by atoms with van der Waals surface area (Å²) in [6, 6.07) is 15.3. The van der Waals surface area contributed by atoms with Gasteiger partial charge in [0.25, 0.3) is 0 Å². The van der Waals surface area contributed by atoms with Crippen LogP contribution in [0.5, 0.6) is 0 Å². The van der Waals surface area contributed by atoms with E-state index in [0.717, 1.165) is 21.9 Å². The van der Waals surface area contributed by atoms with Gasteiger partial charge in [0.05, 0.1) is 12.1 Å². The summed E-state index contributed by atoms with van der Waals surface area (Å²) in [4.78, 5) is 20.9. The second-order valence-electron chi connectivity index (χ2n) is 6.35. The SMILES string of the molecule is Nc1cncc(-c2ccc3cnc(CC(=O)c4ccc(F)cc4)cc3c2)c1. The van der Waals surface area contributed by atoms with E-state index >= 15 is 0 Å². The molecule has 2 aromatic carbocycles. The summed E-state index contributed by atoms with van der Waals surface area (Å²) in [6.07, 6.45) is 5.28. The molecule has 0 aliphatic carbocycles. The van der Waals surface area contributed by atoms with Gasteiger partial charge < -0.3 is 5.73 Å². The molecule has 0 atom stereocenters. The number of nitrogens with zero attached hydrogens (tertiary/aromatic N) is 2. The predicted octanol–water partition coefficient (Wildman–Crippen LogP) is 4.44. The summed E-state index contributed by atoms with van der Waals surface area (Å²) in [5, 5.41) is 1.96. The molecule has 0 aliphatic heterocycles. The lowest BCUT2D eigenvalue weighted by Crippen LogP contribution is -2.05. The number of halogens is 1. The van der Waals surface area contributed by atoms with Gasteiger partial charge in [0.1, 0.15) is 5.82 Å². The number of rotatable bonds is 4. The number of ketones is 1. The van der Waals surface area contributed by atoms with Crippen LogP contribution in [0.4, 0.5) is 10.1 Å². The Hall–Kier alpha value is -3.60. The maximum Gasteiger partial charge on any atom is 0.168 e. The van der Waals surface area contributed by atoms with Gasteiger partial charge in [-0.1, -0.05) is 12.1 Å². The molecule has 0 unspecified atom stereocenters. The van der Waals surface area contributed by atoms with Crippen molar-refractivity contribution in [1.82, 2.24) is 9.97 Å². The maximum atomic E-state index is 13.0. The number of benzene rings is 2. The number of anilines is 1. The summed E-state index contributed by atoms with van der Waals surface area (Å²) < 4.78 is 13.0. The van der Waals surface area contributed by atoms with Crippen molar-refractivity contribution in [1.29, 1.82) is 0 Å². The third-order valence-electron chi connectivity index (χ3n) is 4.38. The molecular formula is C22H16FN3O. The van der Waals surface area contributed by atoms with Crippen molar-refractivity contribution in [3.8, 4) is 11.1 Å². The molecule has 4 rings (SSSR count). The lowest BCUT2D eigenvalue weighted by atomic mass is 10.0. The number of Topliss-reactive ketones (excluding diaryl/α,β-unsaturated/α-hetero) is 1. The van der Waals surface area contributed by atoms with Crippen molar-refractivity contribution in [3.63, 3.8) is 0 Å². The molecule has 2 heterocycles. The number of carbonyl (C=O) groups excluding carboxylic acids is 1. The molecule has 4 nitrogen and oxygen atoms in total. The summed E-state index contributed by atoms with van der Waals surface area (Å²) in [6.45, 7) is 0. The van der Waals surface area contributed by atoms with Gasteiger partial charge in [-0.2, -0.15) is 0 Å². The molecule has 0 bridgehead atoms. The maximum absolute atomic E-state index is 13.0. The van der Waals surface area contributed by atoms with Crippen molar-refractivity contribution >= 4 is 22.2 Å². The van der Waals surface area contributed by atoms with E-state index in [1.807, 2.05) is 30.3 Å². The average Bonchev–Trinajstić information content (AvgIpc) is 2.68. The molecule has 0 aliphatic rings. The number of pyridine rings is 2. The second kappa shape index (κ2) is 6.96. The third-order valence-corrected chi connectivity index (χ3v) is 4.38. The van der Waals surface area contributed by atoms with Crippen LogP contribution in [0, 0.1) is 5.82 Å². The Morgan fingerprint density at radius 3 is 2.48 bits per heavy atom. The molecular weight excluding hydrogens is 341 g/mol. The summed E-state index contributed by atoms with van der Waals surface area (Å²) in [5.74, 6) is -0.461. The van der Waals surface area contributed by atoms with Crippen LogP contribution < -0.4 is 5.73 Å². The largest absolute Gasteiger partial charge is 0.397 e. The van der Waals surface area contributed by atoms with E-state index in [1.54, 1.807) is 18.6 Å². The quantitative estimate of drug-likeness (QED) is 0.548. The standard InChI is InChI=1S/C22H16FN3O/c23-19-5-3-14(4-6-19)22(27)10-21-9-17-7-15(1-2-16(17)12-26-21)18-8-20(24)13-25-11-18/h1-9,11-13H,10,24H2. The van der Waals surface area contributed by atoms with E-state index < -0.39 is 0 Å². The zero-order valence-electron chi connectivity index (χ0n) is 14.4. The van der Waals surface area contributed by atoms with Crippen molar-refractivity contribution in [2.24, 2.45) is 0 Å². The zero-order valence-corrected chi connectivity index (χ0v) is 14.4. The van der Waals surface area contributed by atoms with Gasteiger partial charge in [-0.15, -0.1) is 0 Å². The molecule has 2 aromatic heterocycles. The van der Waals surface area contributed by atoms with Crippen LogP contribution in [0.15, 0.2) is 73.2 Å². The van der Waals surface area contributed by atoms with E-state index in [2.05, 4.69) is 9.97 Å². The highest BCUT2D eigenvalue weighted by atomic mass is 19.1. The first-order valence-corrected chi connectivity index (χ1v) is 8.47. The van der Waals surface area contributed by atoms with Crippen LogP contribution in [-0.2, 0) is 6.42 Å². The first-order chi connectivity index (χ1) is 13.1. The third kappa shape index (κ3) is 3.67. The summed E-state index contributed by atoms with van der Waals surface area (Å²) in [5.41, 5.74) is 9.48. The van der Waals surface area contributed by atoms with E-state index in [1.165, 1.54) is 24.3 Å². The van der Waals surface area contributed by atoms with Crippen LogP contribution in [0.3, 0.4) is 0 Å². The molecule has 27 heavy (non-hydrogen) atoms. The van der Waals surface area contributed by atoms with E-state index in [-0.39, 0.29) is 18.0 Å². The van der Waals surface area contributed by atoms with Gasteiger partial charge in [0.15, 0.2) is 5.78 Å². The summed E-state index contributed by atoms with van der Waals surface area (Å²) >= 11 is 0. The van der Waals surface area contributed by atoms with Crippen LogP contribution in [0.2, 0.25) is 0 Å². The van der Waals surface area contributed by atoms with Gasteiger partial charge >= 0.3 is 0 Å². The van der Waals surface area contributed by atoms with Crippen molar-refractivity contribution in [3.05, 3.63) is 90.3 Å². The first kappa shape index (κ1) is 16.8. The molecule has 132 valence electrons. The van der Waals surface area contributed by atoms with Gasteiger partial charge in [-0.3, -0.25) is 14.8 Å². The van der Waals surface area contributed by atoms with E-state index in [4.69, 9.17) is 5.73 Å². The molecule has 0 saturated carbocycles. The smallest absolute Gasteiger partial charge is 0.168 e. The number of carbonyl (C=O) groups is 1. The number of hydrogen-bond donors (Lipinski definition) is 1. The molecule has 2 N–H and O–H groups in total. The molecule has 4 aromatic rings. The van der Waals surface area contributed by atoms with Gasteiger partial charge in [0, 0.05) is 40.8 Å². The average molecular weight is 357 g/mol. The van der Waals surface area contributed by atoms with Crippen molar-refractivity contribution < 1.29 is 9.18 Å². The minimum atomic E-state index is -0.362. The minimum absolute atomic E-state index is 0.0990. The number of aromatic nitrogens is 2. The Morgan fingerprint density at radius 1 is 0.889 bits per heavy atom. The fourth-order valence-corrected chi connectivity index (χ4v) is 2.98. The molecule has 0 radical (unpaired) electrons. The fraction of sp³-hybridized carbons (Fsp3) is 0.0455. The zero-order chi connectivity index (χ0) is 18.8. The van der Waals surface area contributed by atoms with Crippen molar-refractivity contribution in [2.75, 3.05) is 5.73 Å². The fourth-order valence-electron chi connectivity index (χ4n) is 2.98. The van der Waals surface area contributed by atoms with Gasteiger partial charge in [-0.05, 0) is 53.4 Å². The topological polar surface area (TPSA) is 68.9 Å². The first-order valence-electron chi connectivity index (χ1n) is 8.47. The minimum Gasteiger partial charge on any atom is -0.397 e. The molecule has 5 heteroatoms. The predicted molar refractivity (Wildman–Crippen MR) is 104 cm³/mol. The second-order valence-corrected chi connectivity index (χ2v) is 6.35. The van der Waals surface area contributed by atoms with Crippen LogP contribution in [0.1, 0.15) is 16.1 Å². The number of hydrogen-bond acceptors (Lipinski definition) is 4. The Balaban J connectivity index is 1.64. The highest BCUT2D eigenvalue weighted by Crippen LogP contribution is 2.25. The molecule has 0 saturated heterocycles. The van der Waals surface area contributed by atoms with Gasteiger partial charge in [0.2, 0.25) is 0 Å². The number of nitrogens with two attached hydrogens (primary N) is 1. The number of nitrogen functional groups attached to an aromatic ring is 1. The highest BCUT2D eigenvalue weighted by molar-refractivity contribution is 5.97. The number of fused-ring (bicyclic) bond motifs is 1. The monoisotopic (exact) mass is 357 g/mol. The Kier molecular flexibility index (Phi) is 4.34. The van der Waals surface area contributed by atoms with Crippen LogP contribution in [-0.4, -0.2) is 15.8 Å². The van der Waals surface area contributed by atoms with E-state index in [0.29, 0.717) is 16.9 Å². The highest BCUT2D eigenvalue weighted by Gasteiger charge is 2.09. The van der Waals surface area contributed by atoms with E-state index in [9.17, 15) is 9.18 Å². The Morgan fingerprint density at radius 2 is 1.70 bits per heavy atom. The molecule has 0 spiro atoms.